The quantitative estimate of drug-likeness (QED) is 0.899. The molecule has 4 nitrogen and oxygen atoms in total. The predicted octanol–water partition coefficient (Wildman–Crippen LogP) is 4.47. The third-order valence-electron chi connectivity index (χ3n) is 3.53. The van der Waals surface area contributed by atoms with Gasteiger partial charge in [-0.05, 0) is 49.2 Å². The number of rotatable bonds is 4. The third-order valence-corrected chi connectivity index (χ3v) is 3.83. The van der Waals surface area contributed by atoms with E-state index in [0.29, 0.717) is 10.7 Å². The lowest BCUT2D eigenvalue weighted by molar-refractivity contribution is -0.116. The van der Waals surface area contributed by atoms with Gasteiger partial charge in [0.2, 0.25) is 5.91 Å². The minimum absolute atomic E-state index is 0.00528. The van der Waals surface area contributed by atoms with Crippen LogP contribution in [0.15, 0.2) is 42.5 Å². The van der Waals surface area contributed by atoms with Crippen molar-refractivity contribution in [3.8, 4) is 11.1 Å². The van der Waals surface area contributed by atoms with Gasteiger partial charge in [0.05, 0.1) is 16.3 Å². The molecule has 0 aliphatic carbocycles. The Morgan fingerprint density at radius 3 is 2.04 bits per heavy atom. The molecular formula is C18H18ClNO3. The zero-order chi connectivity index (χ0) is 17.1. The predicted molar refractivity (Wildman–Crippen MR) is 92.1 cm³/mol. The maximum Gasteiger partial charge on any atom is 0.335 e. The van der Waals surface area contributed by atoms with Crippen LogP contribution < -0.4 is 4.90 Å². The first-order valence-corrected chi connectivity index (χ1v) is 7.62. The molecule has 1 N–H and O–H groups in total. The third kappa shape index (κ3) is 3.71. The number of hydrogen-bond donors (Lipinski definition) is 1. The van der Waals surface area contributed by atoms with Crippen LogP contribution in [0.3, 0.4) is 0 Å². The summed E-state index contributed by atoms with van der Waals surface area (Å²) in [7, 11) is 0. The largest absolute Gasteiger partial charge is 0.478 e. The minimum atomic E-state index is -0.959. The van der Waals surface area contributed by atoms with Crippen molar-refractivity contribution in [3.63, 3.8) is 0 Å². The van der Waals surface area contributed by atoms with E-state index in [9.17, 15) is 9.59 Å². The molecule has 5 heteroatoms. The number of carboxylic acid groups (broad SMARTS) is 1. The van der Waals surface area contributed by atoms with Crippen LogP contribution in [-0.4, -0.2) is 23.0 Å². The Hall–Kier alpha value is -2.33. The number of carbonyl (C=O) groups is 2. The van der Waals surface area contributed by atoms with E-state index in [1.54, 1.807) is 35.2 Å². The summed E-state index contributed by atoms with van der Waals surface area (Å²) < 4.78 is 0. The molecule has 120 valence electrons. The van der Waals surface area contributed by atoms with Gasteiger partial charge in [0.25, 0.3) is 0 Å². The van der Waals surface area contributed by atoms with Crippen molar-refractivity contribution in [2.24, 2.45) is 0 Å². The summed E-state index contributed by atoms with van der Waals surface area (Å²) in [5.74, 6) is -1.03. The molecule has 0 aliphatic heterocycles. The molecule has 0 spiro atoms. The number of amides is 1. The Labute approximate surface area is 140 Å². The van der Waals surface area contributed by atoms with Crippen LogP contribution in [0, 0.1) is 0 Å². The summed E-state index contributed by atoms with van der Waals surface area (Å²) in [5, 5.41) is 9.41. The Morgan fingerprint density at radius 1 is 1.04 bits per heavy atom. The number of aromatic carboxylic acids is 1. The van der Waals surface area contributed by atoms with Gasteiger partial charge in [-0.1, -0.05) is 29.8 Å². The van der Waals surface area contributed by atoms with Gasteiger partial charge in [0.15, 0.2) is 0 Å². The number of benzene rings is 2. The second-order valence-electron chi connectivity index (χ2n) is 5.53. The molecule has 0 aliphatic rings. The van der Waals surface area contributed by atoms with E-state index >= 15 is 0 Å². The molecule has 2 aromatic carbocycles. The topological polar surface area (TPSA) is 57.6 Å². The molecule has 0 fully saturated rings. The first-order chi connectivity index (χ1) is 10.8. The maximum atomic E-state index is 11.8. The van der Waals surface area contributed by atoms with Crippen LogP contribution in [0.5, 0.6) is 0 Å². The Kier molecular flexibility index (Phi) is 5.06. The number of halogens is 1. The zero-order valence-corrected chi connectivity index (χ0v) is 14.0. The molecule has 1 amide bonds. The smallest absolute Gasteiger partial charge is 0.335 e. The van der Waals surface area contributed by atoms with Gasteiger partial charge in [-0.25, -0.2) is 4.79 Å². The van der Waals surface area contributed by atoms with Crippen molar-refractivity contribution in [2.45, 2.75) is 26.8 Å². The van der Waals surface area contributed by atoms with E-state index in [-0.39, 0.29) is 17.5 Å². The van der Waals surface area contributed by atoms with Gasteiger partial charge in [-0.15, -0.1) is 0 Å². The average molecular weight is 332 g/mol. The second-order valence-corrected chi connectivity index (χ2v) is 5.94. The van der Waals surface area contributed by atoms with Gasteiger partial charge in [0, 0.05) is 13.0 Å². The van der Waals surface area contributed by atoms with Crippen molar-refractivity contribution in [1.82, 2.24) is 0 Å². The van der Waals surface area contributed by atoms with Gasteiger partial charge < -0.3 is 10.0 Å². The summed E-state index contributed by atoms with van der Waals surface area (Å²) in [6.45, 7) is 5.36. The van der Waals surface area contributed by atoms with Crippen LogP contribution >= 0.6 is 11.6 Å². The molecule has 0 saturated heterocycles. The molecule has 0 saturated carbocycles. The Morgan fingerprint density at radius 2 is 1.61 bits per heavy atom. The SMILES string of the molecule is CC(=O)N(c1ccc(-c2ccc(C(=O)O)cc2)cc1Cl)C(C)C. The number of anilines is 1. The lowest BCUT2D eigenvalue weighted by atomic mass is 10.0. The molecule has 0 bridgehead atoms. The normalized spacial score (nSPS) is 10.7. The molecule has 2 aromatic rings. The summed E-state index contributed by atoms with van der Waals surface area (Å²) >= 11 is 6.36. The van der Waals surface area contributed by atoms with Crippen LogP contribution in [0.2, 0.25) is 5.02 Å². The highest BCUT2D eigenvalue weighted by molar-refractivity contribution is 6.34. The van der Waals surface area contributed by atoms with Crippen molar-refractivity contribution < 1.29 is 14.7 Å². The van der Waals surface area contributed by atoms with Crippen LogP contribution in [-0.2, 0) is 4.79 Å². The lowest BCUT2D eigenvalue weighted by Gasteiger charge is -2.26. The van der Waals surface area contributed by atoms with E-state index in [1.165, 1.54) is 6.92 Å². The molecule has 0 unspecified atom stereocenters. The van der Waals surface area contributed by atoms with E-state index < -0.39 is 5.97 Å². The van der Waals surface area contributed by atoms with Gasteiger partial charge >= 0.3 is 5.97 Å². The summed E-state index contributed by atoms with van der Waals surface area (Å²) in [6, 6.07) is 12.0. The molecule has 0 atom stereocenters. The fraction of sp³-hybridized carbons (Fsp3) is 0.222. The second kappa shape index (κ2) is 6.84. The number of nitrogens with zero attached hydrogens (tertiary/aromatic N) is 1. The van der Waals surface area contributed by atoms with Crippen LogP contribution in [0.4, 0.5) is 5.69 Å². The fourth-order valence-electron chi connectivity index (χ4n) is 2.50. The minimum Gasteiger partial charge on any atom is -0.478 e. The molecule has 23 heavy (non-hydrogen) atoms. The Bertz CT molecular complexity index is 738. The highest BCUT2D eigenvalue weighted by Crippen LogP contribution is 2.32. The van der Waals surface area contributed by atoms with E-state index in [0.717, 1.165) is 11.1 Å². The van der Waals surface area contributed by atoms with E-state index in [2.05, 4.69) is 0 Å². The standard InChI is InChI=1S/C18H18ClNO3/c1-11(2)20(12(3)21)17-9-8-15(10-16(17)19)13-4-6-14(7-5-13)18(22)23/h4-11H,1-3H3,(H,22,23). The van der Waals surface area contributed by atoms with Crippen molar-refractivity contribution >= 4 is 29.2 Å². The van der Waals surface area contributed by atoms with Crippen molar-refractivity contribution in [1.29, 1.82) is 0 Å². The maximum absolute atomic E-state index is 11.8. The van der Waals surface area contributed by atoms with Gasteiger partial charge in [-0.2, -0.15) is 0 Å². The van der Waals surface area contributed by atoms with Crippen LogP contribution in [0.1, 0.15) is 31.1 Å². The number of carboxylic acids is 1. The summed E-state index contributed by atoms with van der Waals surface area (Å²) in [5.41, 5.74) is 2.63. The summed E-state index contributed by atoms with van der Waals surface area (Å²) in [6.07, 6.45) is 0. The van der Waals surface area contributed by atoms with Crippen molar-refractivity contribution in [3.05, 3.63) is 53.1 Å². The average Bonchev–Trinajstić information content (AvgIpc) is 2.48. The highest BCUT2D eigenvalue weighted by Gasteiger charge is 2.18. The molecule has 0 heterocycles. The number of hydrogen-bond acceptors (Lipinski definition) is 2. The molecule has 2 rings (SSSR count). The first kappa shape index (κ1) is 17.0. The van der Waals surface area contributed by atoms with Crippen LogP contribution in [0.25, 0.3) is 11.1 Å². The molecule has 0 aromatic heterocycles. The van der Waals surface area contributed by atoms with E-state index in [1.807, 2.05) is 26.0 Å². The van der Waals surface area contributed by atoms with Gasteiger partial charge in [0.1, 0.15) is 0 Å². The molecule has 0 radical (unpaired) electrons. The molecular weight excluding hydrogens is 314 g/mol. The van der Waals surface area contributed by atoms with Gasteiger partial charge in [-0.3, -0.25) is 4.79 Å². The number of carbonyl (C=O) groups excluding carboxylic acids is 1. The first-order valence-electron chi connectivity index (χ1n) is 7.24. The lowest BCUT2D eigenvalue weighted by Crippen LogP contribution is -2.35. The summed E-state index contributed by atoms with van der Waals surface area (Å²) in [4.78, 5) is 24.3. The fourth-order valence-corrected chi connectivity index (χ4v) is 2.77. The zero-order valence-electron chi connectivity index (χ0n) is 13.2. The van der Waals surface area contributed by atoms with Crippen molar-refractivity contribution in [2.75, 3.05) is 4.90 Å². The van der Waals surface area contributed by atoms with E-state index in [4.69, 9.17) is 16.7 Å². The highest BCUT2D eigenvalue weighted by atomic mass is 35.5. The monoisotopic (exact) mass is 331 g/mol. The Balaban J connectivity index is 2.39.